The molecule has 1 aliphatic heterocycles. The highest BCUT2D eigenvalue weighted by Crippen LogP contribution is 2.28. The minimum Gasteiger partial charge on any atom is -0.353 e. The van der Waals surface area contributed by atoms with Crippen molar-refractivity contribution < 1.29 is 4.79 Å². The molecule has 0 spiro atoms. The van der Waals surface area contributed by atoms with Gasteiger partial charge in [0, 0.05) is 12.6 Å². The second-order valence-corrected chi connectivity index (χ2v) is 6.06. The zero-order valence-electron chi connectivity index (χ0n) is 12.6. The maximum absolute atomic E-state index is 12.6. The van der Waals surface area contributed by atoms with Gasteiger partial charge in [-0.2, -0.15) is 0 Å². The van der Waals surface area contributed by atoms with Crippen LogP contribution in [0.5, 0.6) is 0 Å². The van der Waals surface area contributed by atoms with E-state index in [1.807, 2.05) is 18.2 Å². The summed E-state index contributed by atoms with van der Waals surface area (Å²) in [7, 11) is 0. The minimum absolute atomic E-state index is 0. The molecule has 1 amide bonds. The predicted octanol–water partition coefficient (Wildman–Crippen LogP) is 1.12. The quantitative estimate of drug-likeness (QED) is 0.669. The number of hydrogen-bond donors (Lipinski definition) is 4. The fraction of sp³-hybridized carbons (Fsp3) is 0.562. The maximum atomic E-state index is 12.6. The Kier molecular flexibility index (Phi) is 6.20. The van der Waals surface area contributed by atoms with Crippen LogP contribution in [0.4, 0.5) is 0 Å². The molecule has 0 radical (unpaired) electrons. The molecule has 1 heterocycles. The van der Waals surface area contributed by atoms with Crippen LogP contribution in [0.15, 0.2) is 30.3 Å². The van der Waals surface area contributed by atoms with E-state index in [-0.39, 0.29) is 36.3 Å². The first kappa shape index (κ1) is 17.2. The lowest BCUT2D eigenvalue weighted by Crippen LogP contribution is -2.44. The van der Waals surface area contributed by atoms with Crippen LogP contribution in [-0.4, -0.2) is 25.0 Å². The van der Waals surface area contributed by atoms with Gasteiger partial charge in [0.2, 0.25) is 5.91 Å². The van der Waals surface area contributed by atoms with Gasteiger partial charge in [-0.1, -0.05) is 36.8 Å². The van der Waals surface area contributed by atoms with Crippen molar-refractivity contribution in [3.63, 3.8) is 0 Å². The zero-order valence-corrected chi connectivity index (χ0v) is 13.4. The van der Waals surface area contributed by atoms with Crippen molar-refractivity contribution in [2.24, 2.45) is 17.6 Å². The number of amides is 1. The third-order valence-electron chi connectivity index (χ3n) is 4.77. The van der Waals surface area contributed by atoms with Crippen molar-refractivity contribution in [1.82, 2.24) is 16.2 Å². The van der Waals surface area contributed by atoms with Crippen LogP contribution >= 0.6 is 12.4 Å². The Bertz CT molecular complexity index is 484. The highest BCUT2D eigenvalue weighted by atomic mass is 35.5. The fourth-order valence-corrected chi connectivity index (χ4v) is 3.52. The summed E-state index contributed by atoms with van der Waals surface area (Å²) in [6.45, 7) is 1.32. The number of nitrogens with two attached hydrogens (primary N) is 1. The summed E-state index contributed by atoms with van der Waals surface area (Å²) in [5.41, 5.74) is 13.3. The molecule has 5 N–H and O–H groups in total. The molecule has 1 aliphatic carbocycles. The molecule has 0 aromatic heterocycles. The van der Waals surface area contributed by atoms with Crippen molar-refractivity contribution in [3.8, 4) is 0 Å². The van der Waals surface area contributed by atoms with Crippen LogP contribution in [0.2, 0.25) is 0 Å². The highest BCUT2D eigenvalue weighted by molar-refractivity contribution is 5.85. The summed E-state index contributed by atoms with van der Waals surface area (Å²) in [5.74, 6) is 0.490. The number of hydrazine groups is 1. The van der Waals surface area contributed by atoms with E-state index < -0.39 is 0 Å². The summed E-state index contributed by atoms with van der Waals surface area (Å²) in [6.07, 6.45) is 3.35. The molecule has 4 atom stereocenters. The number of rotatable bonds is 4. The monoisotopic (exact) mass is 324 g/mol. The SMILES string of the molecule is Cl.NCC1CCCC1NC(=O)C1CNNC1c1ccccc1. The van der Waals surface area contributed by atoms with Gasteiger partial charge in [-0.3, -0.25) is 10.2 Å². The average Bonchev–Trinajstić information content (AvgIpc) is 3.16. The molecule has 0 bridgehead atoms. The van der Waals surface area contributed by atoms with Gasteiger partial charge in [-0.25, -0.2) is 5.43 Å². The summed E-state index contributed by atoms with van der Waals surface area (Å²) in [5, 5.41) is 3.22. The smallest absolute Gasteiger partial charge is 0.226 e. The molecule has 2 fully saturated rings. The van der Waals surface area contributed by atoms with E-state index in [1.165, 1.54) is 0 Å². The van der Waals surface area contributed by atoms with Crippen LogP contribution in [0.1, 0.15) is 30.9 Å². The first-order chi connectivity index (χ1) is 10.3. The first-order valence-corrected chi connectivity index (χ1v) is 7.83. The molecule has 1 saturated carbocycles. The second-order valence-electron chi connectivity index (χ2n) is 6.06. The Hall–Kier alpha value is -1.14. The minimum atomic E-state index is -0.0774. The lowest BCUT2D eigenvalue weighted by atomic mass is 9.93. The molecule has 1 aromatic rings. The van der Waals surface area contributed by atoms with Crippen molar-refractivity contribution in [3.05, 3.63) is 35.9 Å². The van der Waals surface area contributed by atoms with Crippen molar-refractivity contribution in [2.75, 3.05) is 13.1 Å². The molecule has 1 saturated heterocycles. The molecule has 1 aromatic carbocycles. The van der Waals surface area contributed by atoms with E-state index in [1.54, 1.807) is 0 Å². The molecular weight excluding hydrogens is 300 g/mol. The van der Waals surface area contributed by atoms with E-state index in [2.05, 4.69) is 28.3 Å². The van der Waals surface area contributed by atoms with Crippen LogP contribution in [-0.2, 0) is 4.79 Å². The van der Waals surface area contributed by atoms with E-state index in [0.29, 0.717) is 19.0 Å². The number of carbonyl (C=O) groups excluding carboxylic acids is 1. The molecule has 6 heteroatoms. The van der Waals surface area contributed by atoms with Gasteiger partial charge in [0.1, 0.15) is 0 Å². The normalized spacial score (nSPS) is 30.8. The van der Waals surface area contributed by atoms with E-state index in [9.17, 15) is 4.79 Å². The van der Waals surface area contributed by atoms with Gasteiger partial charge in [0.25, 0.3) is 0 Å². The molecule has 3 rings (SSSR count). The summed E-state index contributed by atoms with van der Waals surface area (Å²) in [4.78, 5) is 12.6. The van der Waals surface area contributed by atoms with Gasteiger partial charge in [0.15, 0.2) is 0 Å². The summed E-state index contributed by atoms with van der Waals surface area (Å²) < 4.78 is 0. The van der Waals surface area contributed by atoms with Crippen molar-refractivity contribution in [2.45, 2.75) is 31.3 Å². The van der Waals surface area contributed by atoms with Gasteiger partial charge in [-0.05, 0) is 30.9 Å². The lowest BCUT2D eigenvalue weighted by Gasteiger charge is -2.24. The van der Waals surface area contributed by atoms with E-state index >= 15 is 0 Å². The first-order valence-electron chi connectivity index (χ1n) is 7.83. The number of benzene rings is 1. The Balaban J connectivity index is 0.00000176. The van der Waals surface area contributed by atoms with Crippen molar-refractivity contribution in [1.29, 1.82) is 0 Å². The highest BCUT2D eigenvalue weighted by Gasteiger charge is 2.36. The average molecular weight is 325 g/mol. The number of carbonyl (C=O) groups is 1. The number of hydrogen-bond acceptors (Lipinski definition) is 4. The molecule has 4 unspecified atom stereocenters. The largest absolute Gasteiger partial charge is 0.353 e. The second kappa shape index (κ2) is 7.92. The van der Waals surface area contributed by atoms with Crippen molar-refractivity contribution >= 4 is 18.3 Å². The maximum Gasteiger partial charge on any atom is 0.226 e. The Morgan fingerprint density at radius 2 is 2.05 bits per heavy atom. The lowest BCUT2D eigenvalue weighted by molar-refractivity contribution is -0.125. The third-order valence-corrected chi connectivity index (χ3v) is 4.77. The molecular formula is C16H25ClN4O. The van der Waals surface area contributed by atoms with Crippen LogP contribution in [0, 0.1) is 11.8 Å². The van der Waals surface area contributed by atoms with Crippen LogP contribution in [0.25, 0.3) is 0 Å². The summed E-state index contributed by atoms with van der Waals surface area (Å²) >= 11 is 0. The number of nitrogens with one attached hydrogen (secondary N) is 3. The predicted molar refractivity (Wildman–Crippen MR) is 89.4 cm³/mol. The molecule has 122 valence electrons. The van der Waals surface area contributed by atoms with Gasteiger partial charge >= 0.3 is 0 Å². The molecule has 5 nitrogen and oxygen atoms in total. The zero-order chi connectivity index (χ0) is 14.7. The third kappa shape index (κ3) is 3.60. The summed E-state index contributed by atoms with van der Waals surface area (Å²) in [6, 6.07) is 10.4. The Morgan fingerprint density at radius 1 is 1.27 bits per heavy atom. The number of halogens is 1. The Labute approximate surface area is 137 Å². The molecule has 22 heavy (non-hydrogen) atoms. The topological polar surface area (TPSA) is 79.2 Å². The van der Waals surface area contributed by atoms with E-state index in [0.717, 1.165) is 24.8 Å². The van der Waals surface area contributed by atoms with Gasteiger partial charge in [-0.15, -0.1) is 12.4 Å². The standard InChI is InChI=1S/C16H24N4O.ClH/c17-9-12-7-4-8-14(12)19-16(21)13-10-18-20-15(13)11-5-2-1-3-6-11;/h1-3,5-6,12-15,18,20H,4,7-10,17H2,(H,19,21);1H. The Morgan fingerprint density at radius 3 is 2.77 bits per heavy atom. The molecule has 2 aliphatic rings. The van der Waals surface area contributed by atoms with Crippen LogP contribution in [0.3, 0.4) is 0 Å². The van der Waals surface area contributed by atoms with Gasteiger partial charge < -0.3 is 11.1 Å². The fourth-order valence-electron chi connectivity index (χ4n) is 3.52. The van der Waals surface area contributed by atoms with Gasteiger partial charge in [0.05, 0.1) is 12.0 Å². The van der Waals surface area contributed by atoms with Crippen LogP contribution < -0.4 is 21.9 Å². The van der Waals surface area contributed by atoms with E-state index in [4.69, 9.17) is 5.73 Å².